The highest BCUT2D eigenvalue weighted by molar-refractivity contribution is 5.79. The van der Waals surface area contributed by atoms with E-state index in [-0.39, 0.29) is 17.9 Å². The fraction of sp³-hybridized carbons (Fsp3) is 0.125. The van der Waals surface area contributed by atoms with Crippen molar-refractivity contribution in [2.24, 2.45) is 5.73 Å². The molecule has 0 aromatic heterocycles. The summed E-state index contributed by atoms with van der Waals surface area (Å²) in [6, 6.07) is 3.88. The van der Waals surface area contributed by atoms with E-state index in [0.29, 0.717) is 5.56 Å². The van der Waals surface area contributed by atoms with Gasteiger partial charge in [0.1, 0.15) is 0 Å². The van der Waals surface area contributed by atoms with Crippen LogP contribution < -0.4 is 5.73 Å². The Kier molecular flexibility index (Phi) is 2.66. The summed E-state index contributed by atoms with van der Waals surface area (Å²) in [5.74, 6) is -0.466. The van der Waals surface area contributed by atoms with Gasteiger partial charge in [-0.25, -0.2) is 0 Å². The predicted octanol–water partition coefficient (Wildman–Crippen LogP) is 0.779. The van der Waals surface area contributed by atoms with Gasteiger partial charge in [0.25, 0.3) is 0 Å². The molecule has 1 rings (SSSR count). The molecular formula is C8H9N3O3. The quantitative estimate of drug-likeness (QED) is 0.286. The molecule has 0 spiro atoms. The van der Waals surface area contributed by atoms with Crippen molar-refractivity contribution in [2.75, 3.05) is 0 Å². The zero-order valence-electron chi connectivity index (χ0n) is 7.23. The minimum Gasteiger partial charge on any atom is -0.502 e. The van der Waals surface area contributed by atoms with Crippen molar-refractivity contribution in [2.45, 2.75) is 6.42 Å². The van der Waals surface area contributed by atoms with Crippen LogP contribution in [0.15, 0.2) is 18.2 Å². The third kappa shape index (κ3) is 2.19. The lowest BCUT2D eigenvalue weighted by atomic mass is 10.1. The maximum absolute atomic E-state index is 10.3. The van der Waals surface area contributed by atoms with Crippen molar-refractivity contribution in [3.8, 4) is 5.75 Å². The molecule has 0 amide bonds. The van der Waals surface area contributed by atoms with Gasteiger partial charge in [0.2, 0.25) is 0 Å². The summed E-state index contributed by atoms with van der Waals surface area (Å²) in [6.07, 6.45) is 0.172. The molecule has 6 nitrogen and oxygen atoms in total. The first-order valence-electron chi connectivity index (χ1n) is 3.80. The van der Waals surface area contributed by atoms with Crippen molar-refractivity contribution in [1.29, 1.82) is 5.41 Å². The highest BCUT2D eigenvalue weighted by Crippen LogP contribution is 2.26. The molecule has 0 bridgehead atoms. The maximum atomic E-state index is 10.3. The van der Waals surface area contributed by atoms with E-state index in [2.05, 4.69) is 0 Å². The number of benzene rings is 1. The fourth-order valence-electron chi connectivity index (χ4n) is 1.05. The summed E-state index contributed by atoms with van der Waals surface area (Å²) in [7, 11) is 0. The van der Waals surface area contributed by atoms with Gasteiger partial charge < -0.3 is 10.8 Å². The SMILES string of the molecule is N=C(N)Cc1ccc([N+](=O)[O-])c(O)c1. The largest absolute Gasteiger partial charge is 0.502 e. The summed E-state index contributed by atoms with van der Waals surface area (Å²) in [5.41, 5.74) is 5.36. The smallest absolute Gasteiger partial charge is 0.310 e. The number of hydrogen-bond acceptors (Lipinski definition) is 4. The molecule has 0 heterocycles. The molecule has 0 saturated heterocycles. The lowest BCUT2D eigenvalue weighted by Gasteiger charge is -2.00. The van der Waals surface area contributed by atoms with Crippen molar-refractivity contribution >= 4 is 11.5 Å². The Balaban J connectivity index is 3.00. The maximum Gasteiger partial charge on any atom is 0.310 e. The number of nitrogens with two attached hydrogens (primary N) is 1. The van der Waals surface area contributed by atoms with Crippen LogP contribution in [0.5, 0.6) is 5.75 Å². The summed E-state index contributed by atoms with van der Waals surface area (Å²) >= 11 is 0. The molecule has 1 aromatic carbocycles. The van der Waals surface area contributed by atoms with Crippen LogP contribution in [-0.4, -0.2) is 15.9 Å². The Morgan fingerprint density at radius 1 is 1.64 bits per heavy atom. The van der Waals surface area contributed by atoms with Crippen LogP contribution in [0.2, 0.25) is 0 Å². The van der Waals surface area contributed by atoms with Crippen molar-refractivity contribution in [3.63, 3.8) is 0 Å². The van der Waals surface area contributed by atoms with E-state index >= 15 is 0 Å². The number of nitro benzene ring substituents is 1. The highest BCUT2D eigenvalue weighted by atomic mass is 16.6. The number of aromatic hydroxyl groups is 1. The topological polar surface area (TPSA) is 113 Å². The zero-order chi connectivity index (χ0) is 10.7. The van der Waals surface area contributed by atoms with Crippen LogP contribution >= 0.6 is 0 Å². The highest BCUT2D eigenvalue weighted by Gasteiger charge is 2.12. The Morgan fingerprint density at radius 3 is 2.71 bits per heavy atom. The van der Waals surface area contributed by atoms with Gasteiger partial charge in [-0.05, 0) is 11.6 Å². The minimum atomic E-state index is -0.674. The van der Waals surface area contributed by atoms with E-state index in [9.17, 15) is 15.2 Å². The van der Waals surface area contributed by atoms with Crippen LogP contribution in [0.25, 0.3) is 0 Å². The Morgan fingerprint density at radius 2 is 2.29 bits per heavy atom. The molecule has 0 saturated carbocycles. The first kappa shape index (κ1) is 9.97. The first-order chi connectivity index (χ1) is 6.50. The summed E-state index contributed by atoms with van der Waals surface area (Å²) in [4.78, 5) is 9.66. The van der Waals surface area contributed by atoms with Crippen LogP contribution in [0.1, 0.15) is 5.56 Å². The first-order valence-corrected chi connectivity index (χ1v) is 3.80. The van der Waals surface area contributed by atoms with Gasteiger partial charge in [-0.15, -0.1) is 0 Å². The molecule has 0 aliphatic heterocycles. The van der Waals surface area contributed by atoms with Gasteiger partial charge in [-0.3, -0.25) is 15.5 Å². The van der Waals surface area contributed by atoms with Gasteiger partial charge in [0, 0.05) is 12.5 Å². The average Bonchev–Trinajstić information content (AvgIpc) is 2.01. The van der Waals surface area contributed by atoms with Crippen molar-refractivity contribution in [1.82, 2.24) is 0 Å². The van der Waals surface area contributed by atoms with E-state index in [1.54, 1.807) is 0 Å². The molecular weight excluding hydrogens is 186 g/mol. The van der Waals surface area contributed by atoms with E-state index < -0.39 is 10.7 Å². The number of phenolic OH excluding ortho intramolecular Hbond substituents is 1. The predicted molar refractivity (Wildman–Crippen MR) is 50.4 cm³/mol. The number of rotatable bonds is 3. The van der Waals surface area contributed by atoms with Gasteiger partial charge in [0.05, 0.1) is 10.8 Å². The van der Waals surface area contributed by atoms with Crippen LogP contribution in [-0.2, 0) is 6.42 Å². The number of nitro groups is 1. The molecule has 4 N–H and O–H groups in total. The summed E-state index contributed by atoms with van der Waals surface area (Å²) in [5, 5.41) is 26.6. The van der Waals surface area contributed by atoms with Crippen LogP contribution in [0.3, 0.4) is 0 Å². The van der Waals surface area contributed by atoms with Gasteiger partial charge in [0.15, 0.2) is 5.75 Å². The fourth-order valence-corrected chi connectivity index (χ4v) is 1.05. The Labute approximate surface area is 79.6 Å². The normalized spacial score (nSPS) is 9.71. The van der Waals surface area contributed by atoms with Gasteiger partial charge in [-0.1, -0.05) is 6.07 Å². The van der Waals surface area contributed by atoms with Crippen molar-refractivity contribution < 1.29 is 10.0 Å². The minimum absolute atomic E-state index is 0.0572. The molecule has 1 aromatic rings. The third-order valence-corrected chi connectivity index (χ3v) is 1.63. The standard InChI is InChI=1S/C8H9N3O3/c9-8(10)4-5-1-2-6(11(13)14)7(12)3-5/h1-3,12H,4H2,(H3,9,10). The second kappa shape index (κ2) is 3.73. The number of phenols is 1. The molecule has 6 heteroatoms. The third-order valence-electron chi connectivity index (χ3n) is 1.63. The Hall–Kier alpha value is -2.11. The second-order valence-corrected chi connectivity index (χ2v) is 2.78. The number of nitrogens with zero attached hydrogens (tertiary/aromatic N) is 1. The molecule has 0 aliphatic rings. The average molecular weight is 195 g/mol. The molecule has 0 unspecified atom stereocenters. The Bertz CT molecular complexity index is 389. The monoisotopic (exact) mass is 195 g/mol. The van der Waals surface area contributed by atoms with Gasteiger partial charge >= 0.3 is 5.69 Å². The molecule has 0 atom stereocenters. The van der Waals surface area contributed by atoms with Crippen molar-refractivity contribution in [3.05, 3.63) is 33.9 Å². The number of amidine groups is 1. The van der Waals surface area contributed by atoms with E-state index in [0.717, 1.165) is 0 Å². The lowest BCUT2D eigenvalue weighted by molar-refractivity contribution is -0.385. The molecule has 74 valence electrons. The summed E-state index contributed by atoms with van der Waals surface area (Å²) in [6.45, 7) is 0. The van der Waals surface area contributed by atoms with E-state index in [1.165, 1.54) is 18.2 Å². The zero-order valence-corrected chi connectivity index (χ0v) is 7.23. The second-order valence-electron chi connectivity index (χ2n) is 2.78. The summed E-state index contributed by atoms with van der Waals surface area (Å²) < 4.78 is 0. The number of hydrogen-bond donors (Lipinski definition) is 3. The van der Waals surface area contributed by atoms with E-state index in [1.807, 2.05) is 0 Å². The molecule has 0 fully saturated rings. The van der Waals surface area contributed by atoms with Gasteiger partial charge in [-0.2, -0.15) is 0 Å². The molecule has 0 radical (unpaired) electrons. The molecule has 0 aliphatic carbocycles. The van der Waals surface area contributed by atoms with E-state index in [4.69, 9.17) is 11.1 Å². The lowest BCUT2D eigenvalue weighted by Crippen LogP contribution is -2.12. The van der Waals surface area contributed by atoms with Crippen LogP contribution in [0, 0.1) is 15.5 Å². The molecule has 14 heavy (non-hydrogen) atoms. The van der Waals surface area contributed by atoms with Crippen LogP contribution in [0.4, 0.5) is 5.69 Å². The number of nitrogens with one attached hydrogen (secondary N) is 1.